The number of nitrogens with zero attached hydrogens (tertiary/aromatic N) is 1. The summed E-state index contributed by atoms with van der Waals surface area (Å²) < 4.78 is 5.63. The molecular formula is C12H20N2O. The molecule has 1 rings (SSSR count). The van der Waals surface area contributed by atoms with Gasteiger partial charge in [-0.1, -0.05) is 6.07 Å². The van der Waals surface area contributed by atoms with Gasteiger partial charge in [-0.25, -0.2) is 0 Å². The minimum atomic E-state index is 0.769. The van der Waals surface area contributed by atoms with Crippen molar-refractivity contribution in [2.45, 2.75) is 6.42 Å². The second-order valence-electron chi connectivity index (χ2n) is 3.78. The lowest BCUT2D eigenvalue weighted by molar-refractivity contribution is 0.281. The fourth-order valence-corrected chi connectivity index (χ4v) is 1.31. The molecular weight excluding hydrogens is 188 g/mol. The van der Waals surface area contributed by atoms with Gasteiger partial charge in [0.15, 0.2) is 0 Å². The molecule has 0 aliphatic rings. The number of hydrogen-bond acceptors (Lipinski definition) is 3. The molecule has 0 aliphatic heterocycles. The summed E-state index contributed by atoms with van der Waals surface area (Å²) in [5.74, 6) is 0.931. The summed E-state index contributed by atoms with van der Waals surface area (Å²) in [5, 5.41) is 3.09. The van der Waals surface area contributed by atoms with Crippen LogP contribution in [0.15, 0.2) is 24.3 Å². The number of hydrogen-bond donors (Lipinski definition) is 1. The molecule has 15 heavy (non-hydrogen) atoms. The molecule has 3 nitrogen and oxygen atoms in total. The lowest BCUT2D eigenvalue weighted by atomic mass is 10.3. The topological polar surface area (TPSA) is 24.5 Å². The first-order valence-electron chi connectivity index (χ1n) is 5.27. The van der Waals surface area contributed by atoms with Crippen molar-refractivity contribution in [3.63, 3.8) is 0 Å². The molecule has 0 saturated carbocycles. The van der Waals surface area contributed by atoms with Gasteiger partial charge < -0.3 is 15.0 Å². The molecule has 3 heteroatoms. The molecule has 0 bridgehead atoms. The lowest BCUT2D eigenvalue weighted by Gasteiger charge is -2.10. The molecule has 0 radical (unpaired) electrons. The van der Waals surface area contributed by atoms with Crippen molar-refractivity contribution in [3.05, 3.63) is 24.3 Å². The van der Waals surface area contributed by atoms with Crippen LogP contribution in [0.25, 0.3) is 0 Å². The molecule has 0 aromatic heterocycles. The Kier molecular flexibility index (Phi) is 4.98. The van der Waals surface area contributed by atoms with E-state index in [4.69, 9.17) is 4.74 Å². The molecule has 0 saturated heterocycles. The monoisotopic (exact) mass is 208 g/mol. The van der Waals surface area contributed by atoms with Crippen molar-refractivity contribution >= 4 is 5.69 Å². The minimum Gasteiger partial charge on any atom is -0.493 e. The fraction of sp³-hybridized carbons (Fsp3) is 0.500. The highest BCUT2D eigenvalue weighted by Gasteiger charge is 1.95. The average molecular weight is 208 g/mol. The van der Waals surface area contributed by atoms with Gasteiger partial charge in [0.05, 0.1) is 6.61 Å². The van der Waals surface area contributed by atoms with Crippen LogP contribution in [0.2, 0.25) is 0 Å². The zero-order valence-corrected chi connectivity index (χ0v) is 9.79. The molecule has 0 heterocycles. The standard InChI is InChI=1S/C12H20N2O/c1-13-11-6-4-7-12(10-11)15-9-5-8-14(2)3/h4,6-7,10,13H,5,8-9H2,1-3H3. The zero-order valence-electron chi connectivity index (χ0n) is 9.79. The Balaban J connectivity index is 2.30. The molecule has 1 aromatic rings. The molecule has 1 N–H and O–H groups in total. The maximum atomic E-state index is 5.63. The second-order valence-corrected chi connectivity index (χ2v) is 3.78. The third-order valence-electron chi connectivity index (χ3n) is 2.14. The normalized spacial score (nSPS) is 10.4. The van der Waals surface area contributed by atoms with Crippen LogP contribution in [0.1, 0.15) is 6.42 Å². The fourth-order valence-electron chi connectivity index (χ4n) is 1.31. The van der Waals surface area contributed by atoms with Crippen LogP contribution >= 0.6 is 0 Å². The van der Waals surface area contributed by atoms with Crippen molar-refractivity contribution in [2.75, 3.05) is 39.6 Å². The van der Waals surface area contributed by atoms with Crippen LogP contribution in [-0.2, 0) is 0 Å². The highest BCUT2D eigenvalue weighted by atomic mass is 16.5. The van der Waals surface area contributed by atoms with E-state index in [1.54, 1.807) is 0 Å². The molecule has 84 valence electrons. The Morgan fingerprint density at radius 3 is 2.80 bits per heavy atom. The van der Waals surface area contributed by atoms with Crippen LogP contribution in [0.3, 0.4) is 0 Å². The third-order valence-corrected chi connectivity index (χ3v) is 2.14. The number of benzene rings is 1. The van der Waals surface area contributed by atoms with E-state index in [1.165, 1.54) is 0 Å². The predicted molar refractivity (Wildman–Crippen MR) is 64.7 cm³/mol. The van der Waals surface area contributed by atoms with Crippen molar-refractivity contribution in [1.29, 1.82) is 0 Å². The van der Waals surface area contributed by atoms with E-state index in [0.29, 0.717) is 0 Å². The maximum Gasteiger partial charge on any atom is 0.121 e. The summed E-state index contributed by atoms with van der Waals surface area (Å²) in [6.07, 6.45) is 1.05. The summed E-state index contributed by atoms with van der Waals surface area (Å²) >= 11 is 0. The smallest absolute Gasteiger partial charge is 0.121 e. The molecule has 0 atom stereocenters. The van der Waals surface area contributed by atoms with Crippen molar-refractivity contribution in [3.8, 4) is 5.75 Å². The molecule has 0 fully saturated rings. The Bertz CT molecular complexity index is 287. The van der Waals surface area contributed by atoms with Crippen molar-refractivity contribution < 1.29 is 4.74 Å². The van der Waals surface area contributed by atoms with E-state index < -0.39 is 0 Å². The first kappa shape index (κ1) is 11.9. The highest BCUT2D eigenvalue weighted by Crippen LogP contribution is 2.16. The van der Waals surface area contributed by atoms with Gasteiger partial charge in [-0.3, -0.25) is 0 Å². The number of rotatable bonds is 6. The summed E-state index contributed by atoms with van der Waals surface area (Å²) in [7, 11) is 6.05. The van der Waals surface area contributed by atoms with Crippen LogP contribution in [0.4, 0.5) is 5.69 Å². The highest BCUT2D eigenvalue weighted by molar-refractivity contribution is 5.47. The molecule has 0 aliphatic carbocycles. The van der Waals surface area contributed by atoms with Gasteiger partial charge in [0.2, 0.25) is 0 Å². The van der Waals surface area contributed by atoms with Crippen molar-refractivity contribution in [2.24, 2.45) is 0 Å². The van der Waals surface area contributed by atoms with Crippen molar-refractivity contribution in [1.82, 2.24) is 4.90 Å². The van der Waals surface area contributed by atoms with Gasteiger partial charge in [0.1, 0.15) is 5.75 Å². The van der Waals surface area contributed by atoms with E-state index in [1.807, 2.05) is 31.3 Å². The second kappa shape index (κ2) is 6.30. The summed E-state index contributed by atoms with van der Waals surface area (Å²) in [5.41, 5.74) is 1.08. The number of anilines is 1. The lowest BCUT2D eigenvalue weighted by Crippen LogP contribution is -2.15. The van der Waals surface area contributed by atoms with Crippen LogP contribution in [-0.4, -0.2) is 39.2 Å². The number of nitrogens with one attached hydrogen (secondary N) is 1. The van der Waals surface area contributed by atoms with Gasteiger partial charge >= 0.3 is 0 Å². The SMILES string of the molecule is CNc1cccc(OCCCN(C)C)c1. The third kappa shape index (κ3) is 4.70. The van der Waals surface area contributed by atoms with E-state index >= 15 is 0 Å². The number of ether oxygens (including phenoxy) is 1. The van der Waals surface area contributed by atoms with E-state index in [0.717, 1.165) is 31.0 Å². The van der Waals surface area contributed by atoms with Gasteiger partial charge in [-0.2, -0.15) is 0 Å². The Hall–Kier alpha value is -1.22. The van der Waals surface area contributed by atoms with E-state index in [-0.39, 0.29) is 0 Å². The summed E-state index contributed by atoms with van der Waals surface area (Å²) in [6, 6.07) is 8.01. The quantitative estimate of drug-likeness (QED) is 0.724. The molecule has 0 amide bonds. The Morgan fingerprint density at radius 1 is 1.33 bits per heavy atom. The molecule has 1 aromatic carbocycles. The first-order chi connectivity index (χ1) is 7.22. The summed E-state index contributed by atoms with van der Waals surface area (Å²) in [6.45, 7) is 1.83. The first-order valence-corrected chi connectivity index (χ1v) is 5.27. The van der Waals surface area contributed by atoms with E-state index in [9.17, 15) is 0 Å². The minimum absolute atomic E-state index is 0.769. The maximum absolute atomic E-state index is 5.63. The van der Waals surface area contributed by atoms with Crippen LogP contribution in [0.5, 0.6) is 5.75 Å². The molecule has 0 unspecified atom stereocenters. The molecule has 0 spiro atoms. The largest absolute Gasteiger partial charge is 0.493 e. The Labute approximate surface area is 92.0 Å². The van der Waals surface area contributed by atoms with Crippen LogP contribution < -0.4 is 10.1 Å². The predicted octanol–water partition coefficient (Wildman–Crippen LogP) is 2.06. The summed E-state index contributed by atoms with van der Waals surface area (Å²) in [4.78, 5) is 2.16. The van der Waals surface area contributed by atoms with Gasteiger partial charge in [-0.15, -0.1) is 0 Å². The van der Waals surface area contributed by atoms with E-state index in [2.05, 4.69) is 24.3 Å². The zero-order chi connectivity index (χ0) is 11.1. The van der Waals surface area contributed by atoms with Gasteiger partial charge in [-0.05, 0) is 32.6 Å². The Morgan fingerprint density at radius 2 is 2.13 bits per heavy atom. The average Bonchev–Trinajstić information content (AvgIpc) is 2.24. The van der Waals surface area contributed by atoms with Crippen LogP contribution in [0, 0.1) is 0 Å². The van der Waals surface area contributed by atoms with Gasteiger partial charge in [0, 0.05) is 25.3 Å². The van der Waals surface area contributed by atoms with Gasteiger partial charge in [0.25, 0.3) is 0 Å².